The highest BCUT2D eigenvalue weighted by molar-refractivity contribution is 6.29. The average molecular weight is 470 g/mol. The van der Waals surface area contributed by atoms with Crippen LogP contribution in [0, 0.1) is 13.8 Å². The van der Waals surface area contributed by atoms with E-state index in [1.54, 1.807) is 24.3 Å². The Kier molecular flexibility index (Phi) is 5.72. The van der Waals surface area contributed by atoms with E-state index in [1.165, 1.54) is 0 Å². The number of halogens is 1. The molecule has 2 heterocycles. The lowest BCUT2D eigenvalue weighted by atomic mass is 10.0. The number of amides is 1. The van der Waals surface area contributed by atoms with Crippen molar-refractivity contribution >= 4 is 34.7 Å². The molecule has 6 heteroatoms. The van der Waals surface area contributed by atoms with Crippen LogP contribution in [0.25, 0.3) is 0 Å². The van der Waals surface area contributed by atoms with Gasteiger partial charge in [0.05, 0.1) is 6.54 Å². The Balaban J connectivity index is 1.40. The molecule has 5 rings (SSSR count). The van der Waals surface area contributed by atoms with Crippen LogP contribution in [0.5, 0.6) is 0 Å². The predicted molar refractivity (Wildman–Crippen MR) is 136 cm³/mol. The van der Waals surface area contributed by atoms with Crippen molar-refractivity contribution in [3.8, 4) is 0 Å². The van der Waals surface area contributed by atoms with Crippen molar-refractivity contribution in [2.75, 3.05) is 10.6 Å². The molecule has 1 amide bonds. The Bertz CT molecular complexity index is 1390. The second kappa shape index (κ2) is 8.84. The summed E-state index contributed by atoms with van der Waals surface area (Å²) in [5, 5.41) is 6.94. The number of aromatic nitrogens is 1. The minimum atomic E-state index is -0.578. The molecule has 0 fully saturated rings. The second-order valence-electron chi connectivity index (χ2n) is 8.56. The maximum absolute atomic E-state index is 13.6. The molecule has 34 heavy (non-hydrogen) atoms. The third kappa shape index (κ3) is 3.99. The van der Waals surface area contributed by atoms with Gasteiger partial charge < -0.3 is 15.2 Å². The van der Waals surface area contributed by atoms with Gasteiger partial charge in [0.15, 0.2) is 5.78 Å². The first-order valence-electron chi connectivity index (χ1n) is 11.1. The Hall–Kier alpha value is -3.83. The Labute approximate surface area is 203 Å². The van der Waals surface area contributed by atoms with Gasteiger partial charge in [-0.1, -0.05) is 48.0 Å². The average Bonchev–Trinajstić information content (AvgIpc) is 3.08. The molecule has 4 aromatic rings. The summed E-state index contributed by atoms with van der Waals surface area (Å²) in [7, 11) is 0. The SMILES string of the molecule is Cc1cccc(C)c1C(=O)Nc1ccc(C(=O)C2Nc3ccccc3Cn3c(Cl)ccc32)cc1. The molecule has 0 spiro atoms. The number of Topliss-reactive ketones (excluding diaryl/α,β-unsaturated/α-hetero) is 1. The number of hydrogen-bond acceptors (Lipinski definition) is 3. The number of benzene rings is 3. The topological polar surface area (TPSA) is 63.1 Å². The summed E-state index contributed by atoms with van der Waals surface area (Å²) in [5.41, 5.74) is 6.50. The van der Waals surface area contributed by atoms with Crippen LogP contribution < -0.4 is 10.6 Å². The molecule has 5 nitrogen and oxygen atoms in total. The van der Waals surface area contributed by atoms with Gasteiger partial charge in [0, 0.05) is 28.2 Å². The lowest BCUT2D eigenvalue weighted by molar-refractivity contribution is 0.0966. The largest absolute Gasteiger partial charge is 0.370 e. The predicted octanol–water partition coefficient (Wildman–Crippen LogP) is 6.41. The molecule has 1 aromatic heterocycles. The van der Waals surface area contributed by atoms with Crippen LogP contribution >= 0.6 is 11.6 Å². The third-order valence-electron chi connectivity index (χ3n) is 6.30. The number of nitrogens with one attached hydrogen (secondary N) is 2. The van der Waals surface area contributed by atoms with E-state index < -0.39 is 6.04 Å². The number of carbonyl (C=O) groups is 2. The van der Waals surface area contributed by atoms with Crippen molar-refractivity contribution < 1.29 is 9.59 Å². The number of fused-ring (bicyclic) bond motifs is 2. The van der Waals surface area contributed by atoms with Gasteiger partial charge in [-0.05, 0) is 73.0 Å². The molecule has 1 unspecified atom stereocenters. The quantitative estimate of drug-likeness (QED) is 0.339. The zero-order valence-electron chi connectivity index (χ0n) is 18.9. The highest BCUT2D eigenvalue weighted by Gasteiger charge is 2.29. The van der Waals surface area contributed by atoms with E-state index >= 15 is 0 Å². The van der Waals surface area contributed by atoms with Crippen LogP contribution in [0.2, 0.25) is 5.15 Å². The first kappa shape index (κ1) is 22.0. The Morgan fingerprint density at radius 2 is 1.62 bits per heavy atom. The van der Waals surface area contributed by atoms with E-state index in [2.05, 4.69) is 10.6 Å². The number of anilines is 2. The van der Waals surface area contributed by atoms with Crippen LogP contribution in [0.1, 0.15) is 49.1 Å². The van der Waals surface area contributed by atoms with E-state index in [0.717, 1.165) is 28.1 Å². The van der Waals surface area contributed by atoms with Gasteiger partial charge in [0.1, 0.15) is 11.2 Å². The summed E-state index contributed by atoms with van der Waals surface area (Å²) in [4.78, 5) is 26.4. The van der Waals surface area contributed by atoms with E-state index in [9.17, 15) is 9.59 Å². The highest BCUT2D eigenvalue weighted by Crippen LogP contribution is 2.33. The van der Waals surface area contributed by atoms with Crippen molar-refractivity contribution in [1.82, 2.24) is 4.57 Å². The van der Waals surface area contributed by atoms with Crippen LogP contribution in [0.4, 0.5) is 11.4 Å². The zero-order valence-corrected chi connectivity index (χ0v) is 19.7. The number of hydrogen-bond donors (Lipinski definition) is 2. The van der Waals surface area contributed by atoms with Crippen LogP contribution in [0.15, 0.2) is 78.9 Å². The zero-order chi connectivity index (χ0) is 23.8. The van der Waals surface area contributed by atoms with Gasteiger partial charge in [-0.2, -0.15) is 0 Å². The van der Waals surface area contributed by atoms with Crippen LogP contribution in [-0.2, 0) is 6.54 Å². The van der Waals surface area contributed by atoms with Gasteiger partial charge in [0.2, 0.25) is 0 Å². The molecule has 1 aliphatic heterocycles. The molecular weight excluding hydrogens is 446 g/mol. The minimum absolute atomic E-state index is 0.0691. The molecule has 1 aliphatic rings. The Morgan fingerprint density at radius 1 is 0.912 bits per heavy atom. The van der Waals surface area contributed by atoms with Gasteiger partial charge in [-0.25, -0.2) is 0 Å². The number of nitrogens with zero attached hydrogens (tertiary/aromatic N) is 1. The summed E-state index contributed by atoms with van der Waals surface area (Å²) in [6.45, 7) is 4.44. The van der Waals surface area contributed by atoms with Gasteiger partial charge in [0.25, 0.3) is 5.91 Å². The van der Waals surface area contributed by atoms with E-state index in [0.29, 0.717) is 28.5 Å². The molecule has 0 bridgehead atoms. The van der Waals surface area contributed by atoms with Gasteiger partial charge in [-0.3, -0.25) is 9.59 Å². The summed E-state index contributed by atoms with van der Waals surface area (Å²) in [6.07, 6.45) is 0. The molecule has 0 saturated carbocycles. The summed E-state index contributed by atoms with van der Waals surface area (Å²) >= 11 is 6.44. The first-order valence-corrected chi connectivity index (χ1v) is 11.5. The number of carbonyl (C=O) groups excluding carboxylic acids is 2. The van der Waals surface area contributed by atoms with Gasteiger partial charge >= 0.3 is 0 Å². The molecule has 0 radical (unpaired) electrons. The number of para-hydroxylation sites is 1. The number of rotatable bonds is 4. The fourth-order valence-electron chi connectivity index (χ4n) is 4.53. The van der Waals surface area contributed by atoms with Crippen molar-refractivity contribution in [3.63, 3.8) is 0 Å². The fraction of sp³-hybridized carbons (Fsp3) is 0.143. The highest BCUT2D eigenvalue weighted by atomic mass is 35.5. The molecule has 0 saturated heterocycles. The van der Waals surface area contributed by atoms with E-state index in [4.69, 9.17) is 11.6 Å². The summed E-state index contributed by atoms with van der Waals surface area (Å²) in [6, 6.07) is 23.9. The van der Waals surface area contributed by atoms with E-state index in [-0.39, 0.29) is 11.7 Å². The summed E-state index contributed by atoms with van der Waals surface area (Å²) in [5.74, 6) is -0.232. The normalized spacial score (nSPS) is 14.4. The maximum Gasteiger partial charge on any atom is 0.256 e. The van der Waals surface area contributed by atoms with E-state index in [1.807, 2.05) is 73.0 Å². The van der Waals surface area contributed by atoms with Crippen molar-refractivity contribution in [1.29, 1.82) is 0 Å². The smallest absolute Gasteiger partial charge is 0.256 e. The molecule has 3 aromatic carbocycles. The van der Waals surface area contributed by atoms with Crippen molar-refractivity contribution in [3.05, 3.63) is 118 Å². The molecular formula is C28H24ClN3O2. The molecule has 170 valence electrons. The van der Waals surface area contributed by atoms with Crippen molar-refractivity contribution in [2.24, 2.45) is 0 Å². The van der Waals surface area contributed by atoms with Crippen LogP contribution in [0.3, 0.4) is 0 Å². The monoisotopic (exact) mass is 469 g/mol. The molecule has 0 aliphatic carbocycles. The number of ketones is 1. The van der Waals surface area contributed by atoms with Gasteiger partial charge in [-0.15, -0.1) is 0 Å². The minimum Gasteiger partial charge on any atom is -0.370 e. The molecule has 1 atom stereocenters. The first-order chi connectivity index (χ1) is 16.4. The standard InChI is InChI=1S/C28H24ClN3O2/c1-17-6-5-7-18(2)25(17)28(34)30-21-12-10-19(11-13-21)27(33)26-23-14-15-24(29)32(23)16-20-8-3-4-9-22(20)31-26/h3-15,26,31H,16H2,1-2H3,(H,30,34). The third-order valence-corrected chi connectivity index (χ3v) is 6.63. The fourth-order valence-corrected chi connectivity index (χ4v) is 4.75. The summed E-state index contributed by atoms with van der Waals surface area (Å²) < 4.78 is 1.96. The lowest BCUT2D eigenvalue weighted by Crippen LogP contribution is -2.22. The lowest BCUT2D eigenvalue weighted by Gasteiger charge is -2.18. The van der Waals surface area contributed by atoms with Crippen LogP contribution in [-0.4, -0.2) is 16.3 Å². The maximum atomic E-state index is 13.6. The Morgan fingerprint density at radius 3 is 2.35 bits per heavy atom. The van der Waals surface area contributed by atoms with Crippen molar-refractivity contribution in [2.45, 2.75) is 26.4 Å². The number of aryl methyl sites for hydroxylation is 2. The molecule has 2 N–H and O–H groups in total. The second-order valence-corrected chi connectivity index (χ2v) is 8.95.